The third kappa shape index (κ3) is 4.29. The number of benzene rings is 1. The first kappa shape index (κ1) is 18.7. The Labute approximate surface area is 169 Å². The second kappa shape index (κ2) is 8.59. The maximum absolute atomic E-state index is 5.43. The molecule has 0 spiro atoms. The minimum absolute atomic E-state index is 0.686. The zero-order valence-corrected chi connectivity index (χ0v) is 16.4. The van der Waals surface area contributed by atoms with Crippen LogP contribution in [-0.4, -0.2) is 60.3 Å². The monoisotopic (exact) mass is 393 g/mol. The first-order valence-electron chi connectivity index (χ1n) is 9.36. The first-order chi connectivity index (χ1) is 14.3. The van der Waals surface area contributed by atoms with Crippen LogP contribution in [0, 0.1) is 0 Å². The lowest BCUT2D eigenvalue weighted by Crippen LogP contribution is -2.47. The highest BCUT2D eigenvalue weighted by Gasteiger charge is 2.21. The van der Waals surface area contributed by atoms with Crippen LogP contribution < -0.4 is 24.6 Å². The molecule has 1 aliphatic rings. The van der Waals surface area contributed by atoms with Gasteiger partial charge in [0.25, 0.3) is 0 Å². The summed E-state index contributed by atoms with van der Waals surface area (Å²) in [4.78, 5) is 22.1. The van der Waals surface area contributed by atoms with Crippen molar-refractivity contribution in [2.75, 3.05) is 55.5 Å². The summed E-state index contributed by atoms with van der Waals surface area (Å²) in [5, 5.41) is 3.30. The maximum atomic E-state index is 5.43. The van der Waals surface area contributed by atoms with E-state index in [9.17, 15) is 0 Å². The molecule has 1 fully saturated rings. The Morgan fingerprint density at radius 1 is 0.828 bits per heavy atom. The second-order valence-electron chi connectivity index (χ2n) is 6.46. The molecule has 29 heavy (non-hydrogen) atoms. The maximum Gasteiger partial charge on any atom is 0.227 e. The molecule has 4 rings (SSSR count). The van der Waals surface area contributed by atoms with Gasteiger partial charge in [-0.25, -0.2) is 15.0 Å². The molecule has 9 nitrogen and oxygen atoms in total. The van der Waals surface area contributed by atoms with Crippen LogP contribution in [0.1, 0.15) is 0 Å². The highest BCUT2D eigenvalue weighted by atomic mass is 16.5. The molecule has 0 atom stereocenters. The predicted octanol–water partition coefficient (Wildman–Crippen LogP) is 2.35. The van der Waals surface area contributed by atoms with E-state index in [1.54, 1.807) is 32.8 Å². The predicted molar refractivity (Wildman–Crippen MR) is 111 cm³/mol. The summed E-state index contributed by atoms with van der Waals surface area (Å²) in [5.41, 5.74) is 0.780. The zero-order chi connectivity index (χ0) is 20.1. The molecule has 0 amide bonds. The highest BCUT2D eigenvalue weighted by molar-refractivity contribution is 5.66. The van der Waals surface area contributed by atoms with Gasteiger partial charge in [0, 0.05) is 50.8 Å². The van der Waals surface area contributed by atoms with Crippen molar-refractivity contribution in [3.8, 4) is 11.5 Å². The lowest BCUT2D eigenvalue weighted by Gasteiger charge is -2.34. The molecular formula is C20H23N7O2. The van der Waals surface area contributed by atoms with E-state index in [0.717, 1.165) is 43.6 Å². The first-order valence-corrected chi connectivity index (χ1v) is 9.36. The van der Waals surface area contributed by atoms with Gasteiger partial charge in [0.15, 0.2) is 0 Å². The average Bonchev–Trinajstić information content (AvgIpc) is 2.80. The molecule has 150 valence electrons. The summed E-state index contributed by atoms with van der Waals surface area (Å²) >= 11 is 0. The van der Waals surface area contributed by atoms with Gasteiger partial charge in [0.2, 0.25) is 11.9 Å². The van der Waals surface area contributed by atoms with E-state index in [0.29, 0.717) is 17.5 Å². The van der Waals surface area contributed by atoms with Crippen LogP contribution in [0.25, 0.3) is 0 Å². The van der Waals surface area contributed by atoms with Crippen LogP contribution in [0.2, 0.25) is 0 Å². The molecule has 1 saturated heterocycles. The van der Waals surface area contributed by atoms with Crippen molar-refractivity contribution in [3.63, 3.8) is 0 Å². The quantitative estimate of drug-likeness (QED) is 0.678. The molecule has 3 heterocycles. The van der Waals surface area contributed by atoms with Crippen molar-refractivity contribution in [3.05, 3.63) is 48.9 Å². The van der Waals surface area contributed by atoms with Crippen LogP contribution in [0.4, 0.5) is 23.4 Å². The number of aromatic nitrogens is 4. The van der Waals surface area contributed by atoms with Crippen molar-refractivity contribution in [2.24, 2.45) is 0 Å². The summed E-state index contributed by atoms with van der Waals surface area (Å²) < 4.78 is 10.7. The number of rotatable bonds is 6. The summed E-state index contributed by atoms with van der Waals surface area (Å²) in [6, 6.07) is 9.23. The average molecular weight is 393 g/mol. The van der Waals surface area contributed by atoms with Gasteiger partial charge in [0.1, 0.15) is 17.3 Å². The smallest absolute Gasteiger partial charge is 0.227 e. The lowest BCUT2D eigenvalue weighted by atomic mass is 10.2. The fourth-order valence-electron chi connectivity index (χ4n) is 3.18. The van der Waals surface area contributed by atoms with Crippen LogP contribution in [-0.2, 0) is 0 Å². The molecule has 1 aromatic carbocycles. The SMILES string of the molecule is COc1ccc(OC)c(Nc2ccnc(N3CCN(c4ncccn4)CC3)n2)c1. The Hall–Kier alpha value is -3.62. The van der Waals surface area contributed by atoms with Crippen LogP contribution in [0.15, 0.2) is 48.9 Å². The molecule has 0 unspecified atom stereocenters. The number of piperazine rings is 1. The topological polar surface area (TPSA) is 88.5 Å². The van der Waals surface area contributed by atoms with Crippen LogP contribution >= 0.6 is 0 Å². The van der Waals surface area contributed by atoms with Gasteiger partial charge < -0.3 is 24.6 Å². The van der Waals surface area contributed by atoms with E-state index in [4.69, 9.17) is 9.47 Å². The fraction of sp³-hybridized carbons (Fsp3) is 0.300. The number of anilines is 4. The van der Waals surface area contributed by atoms with Crippen LogP contribution in [0.3, 0.4) is 0 Å². The number of nitrogens with one attached hydrogen (secondary N) is 1. The normalized spacial score (nSPS) is 13.9. The third-order valence-electron chi connectivity index (χ3n) is 4.71. The summed E-state index contributed by atoms with van der Waals surface area (Å²) in [7, 11) is 3.27. The number of hydrogen-bond donors (Lipinski definition) is 1. The van der Waals surface area contributed by atoms with E-state index in [1.165, 1.54) is 0 Å². The number of hydrogen-bond acceptors (Lipinski definition) is 9. The largest absolute Gasteiger partial charge is 0.497 e. The molecule has 0 saturated carbocycles. The third-order valence-corrected chi connectivity index (χ3v) is 4.71. The molecule has 2 aromatic heterocycles. The van der Waals surface area contributed by atoms with Gasteiger partial charge in [-0.3, -0.25) is 0 Å². The van der Waals surface area contributed by atoms with Gasteiger partial charge in [-0.05, 0) is 24.3 Å². The molecule has 3 aromatic rings. The van der Waals surface area contributed by atoms with Crippen molar-refractivity contribution >= 4 is 23.4 Å². The molecule has 1 aliphatic heterocycles. The summed E-state index contributed by atoms with van der Waals surface area (Å²) in [5.74, 6) is 3.58. The summed E-state index contributed by atoms with van der Waals surface area (Å²) in [6.45, 7) is 3.22. The Kier molecular flexibility index (Phi) is 5.55. The molecule has 9 heteroatoms. The van der Waals surface area contributed by atoms with Crippen molar-refractivity contribution in [1.29, 1.82) is 0 Å². The second-order valence-corrected chi connectivity index (χ2v) is 6.46. The van der Waals surface area contributed by atoms with E-state index in [1.807, 2.05) is 30.3 Å². The molecule has 0 aliphatic carbocycles. The van der Waals surface area contributed by atoms with Crippen molar-refractivity contribution in [1.82, 2.24) is 19.9 Å². The van der Waals surface area contributed by atoms with E-state index < -0.39 is 0 Å². The fourth-order valence-corrected chi connectivity index (χ4v) is 3.18. The van der Waals surface area contributed by atoms with Crippen molar-refractivity contribution in [2.45, 2.75) is 0 Å². The Bertz CT molecular complexity index is 947. The Morgan fingerprint density at radius 3 is 2.21 bits per heavy atom. The van der Waals surface area contributed by atoms with Gasteiger partial charge >= 0.3 is 0 Å². The molecule has 0 radical (unpaired) electrons. The molecule has 1 N–H and O–H groups in total. The van der Waals surface area contributed by atoms with Crippen LogP contribution in [0.5, 0.6) is 11.5 Å². The van der Waals surface area contributed by atoms with E-state index in [-0.39, 0.29) is 0 Å². The lowest BCUT2D eigenvalue weighted by molar-refractivity contribution is 0.405. The molecular weight excluding hydrogens is 370 g/mol. The van der Waals surface area contributed by atoms with Gasteiger partial charge in [0.05, 0.1) is 19.9 Å². The Balaban J connectivity index is 1.46. The Morgan fingerprint density at radius 2 is 1.52 bits per heavy atom. The number of ether oxygens (including phenoxy) is 2. The van der Waals surface area contributed by atoms with Crippen molar-refractivity contribution < 1.29 is 9.47 Å². The number of methoxy groups -OCH3 is 2. The zero-order valence-electron chi connectivity index (χ0n) is 16.4. The van der Waals surface area contributed by atoms with E-state index >= 15 is 0 Å². The van der Waals surface area contributed by atoms with Gasteiger partial charge in [-0.1, -0.05) is 0 Å². The molecule has 0 bridgehead atoms. The van der Waals surface area contributed by atoms with E-state index in [2.05, 4.69) is 35.1 Å². The number of nitrogens with zero attached hydrogens (tertiary/aromatic N) is 6. The standard InChI is InChI=1S/C20H23N7O2/c1-28-15-4-5-17(29-2)16(14-15)24-18-6-9-23-20(25-18)27-12-10-26(11-13-27)19-21-7-3-8-22-19/h3-9,14H,10-13H2,1-2H3,(H,23,24,25). The minimum atomic E-state index is 0.686. The highest BCUT2D eigenvalue weighted by Crippen LogP contribution is 2.31. The van der Waals surface area contributed by atoms with Gasteiger partial charge in [-0.15, -0.1) is 0 Å². The minimum Gasteiger partial charge on any atom is -0.497 e. The summed E-state index contributed by atoms with van der Waals surface area (Å²) in [6.07, 6.45) is 5.28. The van der Waals surface area contributed by atoms with Gasteiger partial charge in [-0.2, -0.15) is 4.98 Å².